The lowest BCUT2D eigenvalue weighted by Crippen LogP contribution is -2.54. The molecule has 1 aromatic heterocycles. The number of amides is 1. The maximum atomic E-state index is 12.9. The molecule has 7 nitrogen and oxygen atoms in total. The minimum Gasteiger partial charge on any atom is -0.444 e. The molecule has 2 aliphatic heterocycles. The molecule has 0 N–H and O–H groups in total. The van der Waals surface area contributed by atoms with Crippen molar-refractivity contribution in [2.75, 3.05) is 6.61 Å². The Kier molecular flexibility index (Phi) is 4.84. The second kappa shape index (κ2) is 6.44. The van der Waals surface area contributed by atoms with E-state index in [-0.39, 0.29) is 12.1 Å². The van der Waals surface area contributed by atoms with Crippen molar-refractivity contribution in [2.45, 2.75) is 83.8 Å². The lowest BCUT2D eigenvalue weighted by molar-refractivity contribution is -0.152. The van der Waals surface area contributed by atoms with Gasteiger partial charge in [-0.1, -0.05) is 0 Å². The molecule has 3 atom stereocenters. The van der Waals surface area contributed by atoms with Crippen LogP contribution in [0, 0.1) is 0 Å². The van der Waals surface area contributed by atoms with Gasteiger partial charge in [0, 0.05) is 11.6 Å². The maximum Gasteiger partial charge on any atom is 0.412 e. The Morgan fingerprint density at radius 1 is 1.31 bits per heavy atom. The van der Waals surface area contributed by atoms with Crippen LogP contribution in [0.15, 0.2) is 11.6 Å². The molecule has 2 fully saturated rings. The fourth-order valence-corrected chi connectivity index (χ4v) is 4.08. The number of hydrogen-bond acceptors (Lipinski definition) is 7. The van der Waals surface area contributed by atoms with Crippen molar-refractivity contribution in [1.29, 1.82) is 0 Å². The van der Waals surface area contributed by atoms with Gasteiger partial charge in [0.05, 0.1) is 12.6 Å². The second-order valence-corrected chi connectivity index (χ2v) is 9.49. The number of nitrogens with zero attached hydrogens (tertiary/aromatic N) is 2. The van der Waals surface area contributed by atoms with Crippen molar-refractivity contribution in [2.24, 2.45) is 0 Å². The lowest BCUT2D eigenvalue weighted by atomic mass is 10.0. The van der Waals surface area contributed by atoms with Gasteiger partial charge in [-0.3, -0.25) is 4.90 Å². The average molecular weight is 384 g/mol. The standard InChI is InChI=1S/C18H28N2O5S/c1-16(2,3)25-15(21)20-11(10-22-17(20,4)5)12-13(14-19-8-9-26-14)24-18(6,7)23-12/h8-9,11-13H,10H2,1-7H3/t11-,12+,13-/m0/s1. The number of ether oxygens (including phenoxy) is 4. The van der Waals surface area contributed by atoms with E-state index in [4.69, 9.17) is 18.9 Å². The molecule has 3 heterocycles. The third-order valence-electron chi connectivity index (χ3n) is 4.31. The van der Waals surface area contributed by atoms with E-state index in [1.54, 1.807) is 11.1 Å². The van der Waals surface area contributed by atoms with Crippen molar-refractivity contribution in [1.82, 2.24) is 9.88 Å². The molecule has 26 heavy (non-hydrogen) atoms. The maximum absolute atomic E-state index is 12.9. The molecule has 2 aliphatic rings. The van der Waals surface area contributed by atoms with Gasteiger partial charge in [-0.25, -0.2) is 9.78 Å². The quantitative estimate of drug-likeness (QED) is 0.774. The second-order valence-electron chi connectivity index (χ2n) is 8.57. The zero-order valence-corrected chi connectivity index (χ0v) is 17.3. The molecule has 1 amide bonds. The summed E-state index contributed by atoms with van der Waals surface area (Å²) in [7, 11) is 0. The summed E-state index contributed by atoms with van der Waals surface area (Å²) in [6, 6.07) is -0.337. The molecule has 8 heteroatoms. The fraction of sp³-hybridized carbons (Fsp3) is 0.778. The summed E-state index contributed by atoms with van der Waals surface area (Å²) in [5.41, 5.74) is -1.39. The van der Waals surface area contributed by atoms with Crippen LogP contribution in [0.1, 0.15) is 59.6 Å². The number of carbonyl (C=O) groups excluding carboxylic acids is 1. The zero-order valence-electron chi connectivity index (χ0n) is 16.4. The Morgan fingerprint density at radius 3 is 2.58 bits per heavy atom. The molecule has 0 unspecified atom stereocenters. The molecule has 0 radical (unpaired) electrons. The van der Waals surface area contributed by atoms with Crippen LogP contribution < -0.4 is 0 Å². The van der Waals surface area contributed by atoms with Crippen molar-refractivity contribution < 1.29 is 23.7 Å². The minimum atomic E-state index is -0.795. The molecule has 0 aliphatic carbocycles. The van der Waals surface area contributed by atoms with Crippen LogP contribution in [0.5, 0.6) is 0 Å². The first-order chi connectivity index (χ1) is 11.9. The van der Waals surface area contributed by atoms with Gasteiger partial charge in [0.25, 0.3) is 0 Å². The van der Waals surface area contributed by atoms with Gasteiger partial charge in [-0.05, 0) is 48.5 Å². The first kappa shape index (κ1) is 19.5. The van der Waals surface area contributed by atoms with Crippen LogP contribution in [-0.2, 0) is 18.9 Å². The highest BCUT2D eigenvalue weighted by atomic mass is 32.1. The van der Waals surface area contributed by atoms with E-state index in [2.05, 4.69) is 4.98 Å². The number of rotatable bonds is 2. The van der Waals surface area contributed by atoms with Gasteiger partial charge in [-0.15, -0.1) is 11.3 Å². The van der Waals surface area contributed by atoms with Crippen LogP contribution in [-0.4, -0.2) is 51.8 Å². The summed E-state index contributed by atoms with van der Waals surface area (Å²) >= 11 is 1.51. The molecule has 0 saturated carbocycles. The third kappa shape index (κ3) is 3.88. The van der Waals surface area contributed by atoms with Gasteiger partial charge in [0.15, 0.2) is 5.79 Å². The highest BCUT2D eigenvalue weighted by molar-refractivity contribution is 7.09. The Labute approximate surface area is 158 Å². The van der Waals surface area contributed by atoms with E-state index in [0.717, 1.165) is 5.01 Å². The molecule has 2 saturated heterocycles. The molecule has 3 rings (SSSR count). The molecular formula is C18H28N2O5S. The molecule has 1 aromatic rings. The summed E-state index contributed by atoms with van der Waals surface area (Å²) in [4.78, 5) is 18.9. The van der Waals surface area contributed by atoms with Crippen molar-refractivity contribution in [3.05, 3.63) is 16.6 Å². The molecule has 0 spiro atoms. The van der Waals surface area contributed by atoms with E-state index in [0.29, 0.717) is 6.61 Å². The SMILES string of the molecule is CC(C)(C)OC(=O)N1[C@H]([C@H]2OC(C)(C)O[C@@H]2c2nccs2)COC1(C)C. The van der Waals surface area contributed by atoms with Crippen LogP contribution >= 0.6 is 11.3 Å². The number of carbonyl (C=O) groups is 1. The van der Waals surface area contributed by atoms with Gasteiger partial charge in [-0.2, -0.15) is 0 Å². The predicted octanol–water partition coefficient (Wildman–Crippen LogP) is 3.71. The molecule has 0 bridgehead atoms. The summed E-state index contributed by atoms with van der Waals surface area (Å²) in [6.07, 6.45) is 0.561. The number of aromatic nitrogens is 1. The van der Waals surface area contributed by atoms with Crippen LogP contribution in [0.3, 0.4) is 0 Å². The van der Waals surface area contributed by atoms with Crippen molar-refractivity contribution >= 4 is 17.4 Å². The van der Waals surface area contributed by atoms with E-state index in [9.17, 15) is 4.79 Å². The summed E-state index contributed by atoms with van der Waals surface area (Å²) < 4.78 is 23.8. The Bertz CT molecular complexity index is 653. The fourth-order valence-electron chi connectivity index (χ4n) is 3.38. The van der Waals surface area contributed by atoms with Crippen molar-refractivity contribution in [3.63, 3.8) is 0 Å². The van der Waals surface area contributed by atoms with Gasteiger partial charge >= 0.3 is 6.09 Å². The Balaban J connectivity index is 1.91. The largest absolute Gasteiger partial charge is 0.444 e. The number of hydrogen-bond donors (Lipinski definition) is 0. The molecular weight excluding hydrogens is 356 g/mol. The van der Waals surface area contributed by atoms with Gasteiger partial charge in [0.1, 0.15) is 28.5 Å². The molecule has 146 valence electrons. The van der Waals surface area contributed by atoms with Crippen LogP contribution in [0.4, 0.5) is 4.79 Å². The normalized spacial score (nSPS) is 30.6. The zero-order chi connectivity index (χ0) is 19.3. The highest BCUT2D eigenvalue weighted by Crippen LogP contribution is 2.44. The van der Waals surface area contributed by atoms with Gasteiger partial charge < -0.3 is 18.9 Å². The Morgan fingerprint density at radius 2 is 2.00 bits per heavy atom. The smallest absolute Gasteiger partial charge is 0.412 e. The summed E-state index contributed by atoms with van der Waals surface area (Å²) in [5, 5.41) is 2.73. The van der Waals surface area contributed by atoms with Crippen molar-refractivity contribution in [3.8, 4) is 0 Å². The van der Waals surface area contributed by atoms with Gasteiger partial charge in [0.2, 0.25) is 0 Å². The monoisotopic (exact) mass is 384 g/mol. The van der Waals surface area contributed by atoms with E-state index >= 15 is 0 Å². The van der Waals surface area contributed by atoms with Crippen LogP contribution in [0.2, 0.25) is 0 Å². The molecule has 0 aromatic carbocycles. The number of thiazole rings is 1. The van der Waals surface area contributed by atoms with E-state index in [1.165, 1.54) is 11.3 Å². The highest BCUT2D eigenvalue weighted by Gasteiger charge is 2.56. The van der Waals surface area contributed by atoms with Crippen LogP contribution in [0.25, 0.3) is 0 Å². The average Bonchev–Trinajstić information content (AvgIpc) is 3.13. The first-order valence-electron chi connectivity index (χ1n) is 8.81. The topological polar surface area (TPSA) is 70.1 Å². The van der Waals surface area contributed by atoms with E-state index in [1.807, 2.05) is 53.8 Å². The summed E-state index contributed by atoms with van der Waals surface area (Å²) in [5.74, 6) is -0.770. The minimum absolute atomic E-state index is 0.337. The summed E-state index contributed by atoms with van der Waals surface area (Å²) in [6.45, 7) is 13.3. The third-order valence-corrected chi connectivity index (χ3v) is 5.15. The first-order valence-corrected chi connectivity index (χ1v) is 9.69. The van der Waals surface area contributed by atoms with E-state index < -0.39 is 29.3 Å². The predicted molar refractivity (Wildman–Crippen MR) is 96.8 cm³/mol. The lowest BCUT2D eigenvalue weighted by Gasteiger charge is -2.37. The Hall–Kier alpha value is -1.22.